The van der Waals surface area contributed by atoms with Crippen LogP contribution in [-0.2, 0) is 0 Å². The average Bonchev–Trinajstić information content (AvgIpc) is 2.51. The van der Waals surface area contributed by atoms with Crippen LogP contribution in [0.25, 0.3) is 0 Å². The number of hydrogen-bond donors (Lipinski definition) is 3. The molecule has 1 atom stereocenters. The van der Waals surface area contributed by atoms with Crippen LogP contribution < -0.4 is 15.8 Å². The molecule has 112 valence electrons. The molecule has 0 bridgehead atoms. The smallest absolute Gasteiger partial charge is 0.123 e. The van der Waals surface area contributed by atoms with E-state index in [0.29, 0.717) is 12.3 Å². The maximum Gasteiger partial charge on any atom is 0.123 e. The maximum atomic E-state index is 9.60. The van der Waals surface area contributed by atoms with Gasteiger partial charge in [-0.1, -0.05) is 37.3 Å². The minimum absolute atomic E-state index is 0.00393. The van der Waals surface area contributed by atoms with Crippen LogP contribution in [0.5, 0.6) is 5.75 Å². The first kappa shape index (κ1) is 15.2. The van der Waals surface area contributed by atoms with Crippen molar-refractivity contribution < 1.29 is 9.84 Å². The van der Waals surface area contributed by atoms with Gasteiger partial charge in [-0.05, 0) is 18.1 Å². The molecule has 0 saturated carbocycles. The number of anilines is 2. The number of ether oxygens (including phenoxy) is 1. The fraction of sp³-hybridized carbons (Fsp3) is 0.294. The molecule has 0 fully saturated rings. The number of nitrogen functional groups attached to an aromatic ring is 1. The van der Waals surface area contributed by atoms with E-state index >= 15 is 0 Å². The predicted molar refractivity (Wildman–Crippen MR) is 86.5 cm³/mol. The fourth-order valence-corrected chi connectivity index (χ4v) is 2.13. The summed E-state index contributed by atoms with van der Waals surface area (Å²) in [4.78, 5) is 0. The van der Waals surface area contributed by atoms with Gasteiger partial charge < -0.3 is 20.9 Å². The monoisotopic (exact) mass is 286 g/mol. The third-order valence-electron chi connectivity index (χ3n) is 3.13. The molecule has 2 rings (SSSR count). The van der Waals surface area contributed by atoms with E-state index in [1.54, 1.807) is 6.07 Å². The first-order valence-electron chi connectivity index (χ1n) is 7.18. The second-order valence-electron chi connectivity index (χ2n) is 4.93. The van der Waals surface area contributed by atoms with Gasteiger partial charge in [0.1, 0.15) is 5.75 Å². The lowest BCUT2D eigenvalue weighted by atomic mass is 10.1. The molecule has 21 heavy (non-hydrogen) atoms. The Kier molecular flexibility index (Phi) is 5.46. The van der Waals surface area contributed by atoms with Gasteiger partial charge in [-0.2, -0.15) is 0 Å². The second kappa shape index (κ2) is 7.55. The summed E-state index contributed by atoms with van der Waals surface area (Å²) in [5.41, 5.74) is 8.40. The number of nitrogens with one attached hydrogen (secondary N) is 1. The Balaban J connectivity index is 2.15. The van der Waals surface area contributed by atoms with Crippen LogP contribution >= 0.6 is 0 Å². The summed E-state index contributed by atoms with van der Waals surface area (Å²) in [6.45, 7) is 2.72. The molecular weight excluding hydrogens is 264 g/mol. The van der Waals surface area contributed by atoms with Gasteiger partial charge >= 0.3 is 0 Å². The number of rotatable bonds is 7. The van der Waals surface area contributed by atoms with E-state index in [-0.39, 0.29) is 12.6 Å². The SMILES string of the molecule is CCCOc1cc(N)cc(NC(CO)c2ccccc2)c1. The summed E-state index contributed by atoms with van der Waals surface area (Å²) in [5, 5.41) is 12.9. The van der Waals surface area contributed by atoms with Gasteiger partial charge in [-0.25, -0.2) is 0 Å². The average molecular weight is 286 g/mol. The van der Waals surface area contributed by atoms with E-state index in [0.717, 1.165) is 23.4 Å². The molecule has 4 N–H and O–H groups in total. The van der Waals surface area contributed by atoms with Crippen molar-refractivity contribution in [3.63, 3.8) is 0 Å². The third-order valence-corrected chi connectivity index (χ3v) is 3.13. The Morgan fingerprint density at radius 1 is 1.19 bits per heavy atom. The van der Waals surface area contributed by atoms with Gasteiger partial charge in [0.2, 0.25) is 0 Å². The van der Waals surface area contributed by atoms with Crippen molar-refractivity contribution in [1.82, 2.24) is 0 Å². The Labute approximate surface area is 125 Å². The largest absolute Gasteiger partial charge is 0.493 e. The predicted octanol–water partition coefficient (Wildman–Crippen LogP) is 3.20. The highest BCUT2D eigenvalue weighted by Crippen LogP contribution is 2.26. The summed E-state index contributed by atoms with van der Waals surface area (Å²) >= 11 is 0. The molecule has 4 heteroatoms. The third kappa shape index (κ3) is 4.39. The molecule has 0 saturated heterocycles. The van der Waals surface area contributed by atoms with Crippen LogP contribution in [0.3, 0.4) is 0 Å². The highest BCUT2D eigenvalue weighted by atomic mass is 16.5. The number of aliphatic hydroxyl groups is 1. The Morgan fingerprint density at radius 2 is 1.95 bits per heavy atom. The van der Waals surface area contributed by atoms with E-state index in [4.69, 9.17) is 10.5 Å². The van der Waals surface area contributed by atoms with Gasteiger partial charge in [0, 0.05) is 23.5 Å². The summed E-state index contributed by atoms with van der Waals surface area (Å²) in [6.07, 6.45) is 0.945. The number of benzene rings is 2. The summed E-state index contributed by atoms with van der Waals surface area (Å²) in [6, 6.07) is 15.2. The number of aliphatic hydroxyl groups excluding tert-OH is 1. The van der Waals surface area contributed by atoms with Gasteiger partial charge in [-0.15, -0.1) is 0 Å². The number of hydrogen-bond acceptors (Lipinski definition) is 4. The van der Waals surface area contributed by atoms with Gasteiger partial charge in [0.05, 0.1) is 19.3 Å². The molecule has 4 nitrogen and oxygen atoms in total. The summed E-state index contributed by atoms with van der Waals surface area (Å²) in [5.74, 6) is 0.740. The van der Waals surface area contributed by atoms with Crippen molar-refractivity contribution in [2.24, 2.45) is 0 Å². The van der Waals surface area contributed by atoms with Gasteiger partial charge in [0.15, 0.2) is 0 Å². The van der Waals surface area contributed by atoms with Crippen molar-refractivity contribution in [2.45, 2.75) is 19.4 Å². The molecular formula is C17H22N2O2. The Morgan fingerprint density at radius 3 is 2.62 bits per heavy atom. The van der Waals surface area contributed by atoms with E-state index in [2.05, 4.69) is 12.2 Å². The molecule has 0 spiro atoms. The van der Waals surface area contributed by atoms with Crippen molar-refractivity contribution in [3.8, 4) is 5.75 Å². The van der Waals surface area contributed by atoms with Crippen LogP contribution in [0, 0.1) is 0 Å². The van der Waals surface area contributed by atoms with Crippen LogP contribution in [0.2, 0.25) is 0 Å². The van der Waals surface area contributed by atoms with Crippen molar-refractivity contribution in [1.29, 1.82) is 0 Å². The van der Waals surface area contributed by atoms with Crippen LogP contribution in [0.15, 0.2) is 48.5 Å². The van der Waals surface area contributed by atoms with E-state index < -0.39 is 0 Å². The standard InChI is InChI=1S/C17H22N2O2/c1-2-8-21-16-10-14(18)9-15(11-16)19-17(12-20)13-6-4-3-5-7-13/h3-7,9-11,17,19-20H,2,8,12,18H2,1H3. The quantitative estimate of drug-likeness (QED) is 0.684. The van der Waals surface area contributed by atoms with Gasteiger partial charge in [0.25, 0.3) is 0 Å². The molecule has 0 aliphatic rings. The topological polar surface area (TPSA) is 67.5 Å². The van der Waals surface area contributed by atoms with Crippen LogP contribution in [0.4, 0.5) is 11.4 Å². The zero-order chi connectivity index (χ0) is 15.1. The normalized spacial score (nSPS) is 11.9. The lowest BCUT2D eigenvalue weighted by Crippen LogP contribution is -2.15. The van der Waals surface area contributed by atoms with Crippen molar-refractivity contribution in [2.75, 3.05) is 24.3 Å². The zero-order valence-electron chi connectivity index (χ0n) is 12.3. The second-order valence-corrected chi connectivity index (χ2v) is 4.93. The molecule has 0 aromatic heterocycles. The molecule has 1 unspecified atom stereocenters. The molecule has 0 radical (unpaired) electrons. The van der Waals surface area contributed by atoms with E-state index in [1.165, 1.54) is 0 Å². The highest BCUT2D eigenvalue weighted by Gasteiger charge is 2.10. The first-order chi connectivity index (χ1) is 10.2. The molecule has 0 amide bonds. The van der Waals surface area contributed by atoms with Crippen LogP contribution in [0.1, 0.15) is 24.9 Å². The maximum absolute atomic E-state index is 9.60. The summed E-state index contributed by atoms with van der Waals surface area (Å²) < 4.78 is 5.62. The molecule has 2 aromatic rings. The molecule has 0 heterocycles. The number of nitrogens with two attached hydrogens (primary N) is 1. The molecule has 0 aliphatic heterocycles. The molecule has 2 aromatic carbocycles. The lowest BCUT2D eigenvalue weighted by molar-refractivity contribution is 0.276. The minimum atomic E-state index is -0.174. The summed E-state index contributed by atoms with van der Waals surface area (Å²) in [7, 11) is 0. The molecule has 0 aliphatic carbocycles. The van der Waals surface area contributed by atoms with E-state index in [9.17, 15) is 5.11 Å². The minimum Gasteiger partial charge on any atom is -0.493 e. The Hall–Kier alpha value is -2.20. The lowest BCUT2D eigenvalue weighted by Gasteiger charge is -2.19. The van der Waals surface area contributed by atoms with Crippen molar-refractivity contribution >= 4 is 11.4 Å². The van der Waals surface area contributed by atoms with Crippen molar-refractivity contribution in [3.05, 3.63) is 54.1 Å². The van der Waals surface area contributed by atoms with Crippen LogP contribution in [-0.4, -0.2) is 18.3 Å². The van der Waals surface area contributed by atoms with Gasteiger partial charge in [-0.3, -0.25) is 0 Å². The highest BCUT2D eigenvalue weighted by molar-refractivity contribution is 5.60. The Bertz CT molecular complexity index is 558. The zero-order valence-corrected chi connectivity index (χ0v) is 12.3. The fourth-order valence-electron chi connectivity index (χ4n) is 2.13. The first-order valence-corrected chi connectivity index (χ1v) is 7.18. The van der Waals surface area contributed by atoms with E-state index in [1.807, 2.05) is 42.5 Å².